The van der Waals surface area contributed by atoms with Gasteiger partial charge in [0.05, 0.1) is 58.5 Å². The highest BCUT2D eigenvalue weighted by molar-refractivity contribution is 5.53. The fourth-order valence-corrected chi connectivity index (χ4v) is 4.92. The number of aliphatic hydroxyl groups excluding tert-OH is 2. The first-order valence-corrected chi connectivity index (χ1v) is 18.5. The third kappa shape index (κ3) is 16.3. The average Bonchev–Trinajstić information content (AvgIpc) is 3.26. The van der Waals surface area contributed by atoms with Gasteiger partial charge >= 0.3 is 12.4 Å². The molecule has 0 fully saturated rings. The first kappa shape index (κ1) is 46.7. The van der Waals surface area contributed by atoms with Crippen LogP contribution in [0.3, 0.4) is 0 Å². The highest BCUT2D eigenvalue weighted by Gasteiger charge is 2.30. The van der Waals surface area contributed by atoms with Crippen molar-refractivity contribution >= 4 is 51.2 Å². The summed E-state index contributed by atoms with van der Waals surface area (Å²) in [6.07, 6.45) is -8.72. The van der Waals surface area contributed by atoms with Gasteiger partial charge in [0, 0.05) is 44.2 Å². The number of rotatable bonds is 12. The van der Waals surface area contributed by atoms with Crippen LogP contribution < -0.4 is 15.5 Å². The number of halogens is 6. The monoisotopic (exact) mass is 843 g/mol. The highest BCUT2D eigenvalue weighted by Crippen LogP contribution is 2.32. The van der Waals surface area contributed by atoms with Crippen LogP contribution in [0, 0.1) is 0 Å². The predicted octanol–water partition coefficient (Wildman–Crippen LogP) is 12.8. The van der Waals surface area contributed by atoms with E-state index in [4.69, 9.17) is 15.9 Å². The number of likely N-dealkylation sites (N-methyl/N-ethyl adjacent to an activating group) is 2. The van der Waals surface area contributed by atoms with E-state index in [-0.39, 0.29) is 13.2 Å². The third-order valence-electron chi connectivity index (χ3n) is 8.33. The molecule has 0 aliphatic carbocycles. The molecule has 0 aliphatic heterocycles. The molecule has 4 N–H and O–H groups in total. The van der Waals surface area contributed by atoms with Crippen molar-refractivity contribution < 1.29 is 36.6 Å². The van der Waals surface area contributed by atoms with Crippen LogP contribution >= 0.6 is 0 Å². The lowest BCUT2D eigenvalue weighted by atomic mass is 10.2. The molecule has 11 nitrogen and oxygen atoms in total. The van der Waals surface area contributed by atoms with E-state index < -0.39 is 23.5 Å². The number of nitrogens with two attached hydrogens (primary N) is 1. The van der Waals surface area contributed by atoms with Crippen molar-refractivity contribution in [3.8, 4) is 0 Å². The standard InChI is InChI=1S/C22H20F3N5O.C13H10F3N3.C9H13NO/c1-30(14-15-31)21-12-10-20(11-13-21)29-28-19-8-6-18(7-9-19)27-26-17-4-2-16(3-5-17)22(23,24)25;14-13(15,16)9-1-5-11(6-2-9)18-19-12-7-3-10(17)4-8-12;1-10(7-8-11)9-5-3-2-4-6-9/h2-13,31H,14-15H2,1H3;1-8H,17H2;2-6,11H,7-8H2,1H3. The van der Waals surface area contributed by atoms with Gasteiger partial charge in [-0.05, 0) is 133 Å². The summed E-state index contributed by atoms with van der Waals surface area (Å²) in [7, 11) is 3.86. The van der Waals surface area contributed by atoms with Crippen LogP contribution in [0.1, 0.15) is 11.1 Å². The van der Waals surface area contributed by atoms with E-state index in [0.717, 1.165) is 35.6 Å². The van der Waals surface area contributed by atoms with Crippen LogP contribution in [0.2, 0.25) is 0 Å². The molecule has 0 unspecified atom stereocenters. The Kier molecular flexibility index (Phi) is 17.6. The first-order valence-electron chi connectivity index (χ1n) is 18.5. The van der Waals surface area contributed by atoms with Gasteiger partial charge in [0.25, 0.3) is 0 Å². The van der Waals surface area contributed by atoms with Crippen molar-refractivity contribution in [1.29, 1.82) is 0 Å². The van der Waals surface area contributed by atoms with Crippen LogP contribution in [-0.4, -0.2) is 50.6 Å². The molecule has 6 aromatic rings. The van der Waals surface area contributed by atoms with Crippen LogP contribution in [0.25, 0.3) is 0 Å². The Hall–Kier alpha value is -6.98. The molecule has 0 bridgehead atoms. The zero-order chi connectivity index (χ0) is 44.3. The van der Waals surface area contributed by atoms with E-state index >= 15 is 0 Å². The lowest BCUT2D eigenvalue weighted by Crippen LogP contribution is -2.20. The minimum absolute atomic E-state index is 0.0812. The molecule has 0 aliphatic rings. The normalized spacial score (nSPS) is 11.6. The van der Waals surface area contributed by atoms with Crippen molar-refractivity contribution in [3.63, 3.8) is 0 Å². The van der Waals surface area contributed by atoms with E-state index in [2.05, 4.69) is 30.7 Å². The van der Waals surface area contributed by atoms with E-state index in [9.17, 15) is 26.3 Å². The van der Waals surface area contributed by atoms with Gasteiger partial charge in [-0.2, -0.15) is 57.0 Å². The Morgan fingerprint density at radius 3 is 0.967 bits per heavy atom. The molecule has 0 spiro atoms. The largest absolute Gasteiger partial charge is 0.416 e. The Balaban J connectivity index is 0.000000230. The molecule has 0 radical (unpaired) electrons. The van der Waals surface area contributed by atoms with Gasteiger partial charge in [-0.15, -0.1) is 0 Å². The molecule has 61 heavy (non-hydrogen) atoms. The number of aliphatic hydroxyl groups is 2. The summed E-state index contributed by atoms with van der Waals surface area (Å²) in [5.74, 6) is 0. The van der Waals surface area contributed by atoms with E-state index in [1.54, 1.807) is 48.5 Å². The van der Waals surface area contributed by atoms with Crippen LogP contribution in [0.15, 0.2) is 182 Å². The zero-order valence-electron chi connectivity index (χ0n) is 33.1. The summed E-state index contributed by atoms with van der Waals surface area (Å²) >= 11 is 0. The zero-order valence-corrected chi connectivity index (χ0v) is 33.1. The van der Waals surface area contributed by atoms with Gasteiger partial charge in [0.1, 0.15) is 0 Å². The molecule has 318 valence electrons. The van der Waals surface area contributed by atoms with Crippen LogP contribution in [-0.2, 0) is 12.4 Å². The lowest BCUT2D eigenvalue weighted by Gasteiger charge is -2.17. The maximum atomic E-state index is 12.6. The second-order valence-corrected chi connectivity index (χ2v) is 12.9. The summed E-state index contributed by atoms with van der Waals surface area (Å²) in [4.78, 5) is 3.94. The fraction of sp³-hybridized carbons (Fsp3) is 0.182. The molecule has 6 aromatic carbocycles. The first-order chi connectivity index (χ1) is 29.1. The molecule has 0 aromatic heterocycles. The SMILES string of the molecule is CN(CCO)c1ccc(N=Nc2ccc(N=Nc3ccc(C(F)(F)F)cc3)cc2)cc1.CN(CCO)c1ccccc1.Nc1ccc(N=Nc2ccc(C(F)(F)F)cc2)cc1. The molecule has 0 amide bonds. The Bertz CT molecular complexity index is 2270. The second kappa shape index (κ2) is 23.0. The number of anilines is 3. The number of hydrogen-bond donors (Lipinski definition) is 3. The maximum absolute atomic E-state index is 12.6. The lowest BCUT2D eigenvalue weighted by molar-refractivity contribution is -0.138. The molecular formula is C44H43F6N9O2. The summed E-state index contributed by atoms with van der Waals surface area (Å²) in [6.45, 7) is 1.51. The predicted molar refractivity (Wildman–Crippen MR) is 226 cm³/mol. The molecule has 0 saturated carbocycles. The highest BCUT2D eigenvalue weighted by atomic mass is 19.4. The van der Waals surface area contributed by atoms with Crippen LogP contribution in [0.5, 0.6) is 0 Å². The number of alkyl halides is 6. The molecule has 17 heteroatoms. The summed E-state index contributed by atoms with van der Waals surface area (Å²) in [5, 5.41) is 41.7. The average molecular weight is 844 g/mol. The molecule has 0 heterocycles. The van der Waals surface area contributed by atoms with E-state index in [1.165, 1.54) is 24.3 Å². The Morgan fingerprint density at radius 1 is 0.410 bits per heavy atom. The van der Waals surface area contributed by atoms with Gasteiger partial charge in [0.2, 0.25) is 0 Å². The topological polar surface area (TPSA) is 147 Å². The van der Waals surface area contributed by atoms with E-state index in [1.807, 2.05) is 78.5 Å². The smallest absolute Gasteiger partial charge is 0.399 e. The Labute approximate surface area is 348 Å². The van der Waals surface area contributed by atoms with Gasteiger partial charge in [-0.1, -0.05) is 18.2 Å². The van der Waals surface area contributed by atoms with Crippen LogP contribution in [0.4, 0.5) is 77.5 Å². The number of benzene rings is 6. The Morgan fingerprint density at radius 2 is 0.672 bits per heavy atom. The van der Waals surface area contributed by atoms with Gasteiger partial charge in [-0.3, -0.25) is 0 Å². The number of nitrogens with zero attached hydrogens (tertiary/aromatic N) is 8. The molecular weight excluding hydrogens is 801 g/mol. The molecule has 0 saturated heterocycles. The number of azo groups is 3. The summed E-state index contributed by atoms with van der Waals surface area (Å²) in [6, 6.07) is 39.9. The fourth-order valence-electron chi connectivity index (χ4n) is 4.92. The van der Waals surface area contributed by atoms with Gasteiger partial charge < -0.3 is 25.7 Å². The third-order valence-corrected chi connectivity index (χ3v) is 8.33. The van der Waals surface area contributed by atoms with Crippen molar-refractivity contribution in [2.75, 3.05) is 55.9 Å². The van der Waals surface area contributed by atoms with Crippen molar-refractivity contribution in [3.05, 3.63) is 163 Å². The summed E-state index contributed by atoms with van der Waals surface area (Å²) in [5.41, 5.74) is 9.89. The minimum Gasteiger partial charge on any atom is -0.399 e. The quantitative estimate of drug-likeness (QED) is 0.0637. The van der Waals surface area contributed by atoms with Crippen molar-refractivity contribution in [2.45, 2.75) is 12.4 Å². The molecule has 6 rings (SSSR count). The number of nitrogen functional groups attached to an aromatic ring is 1. The molecule has 0 atom stereocenters. The van der Waals surface area contributed by atoms with Gasteiger partial charge in [-0.25, -0.2) is 0 Å². The van der Waals surface area contributed by atoms with Gasteiger partial charge in [0.15, 0.2) is 0 Å². The number of para-hydroxylation sites is 1. The maximum Gasteiger partial charge on any atom is 0.416 e. The van der Waals surface area contributed by atoms with Crippen molar-refractivity contribution in [2.24, 2.45) is 30.7 Å². The minimum atomic E-state index is -4.38. The number of hydrogen-bond acceptors (Lipinski definition) is 11. The second-order valence-electron chi connectivity index (χ2n) is 12.9. The summed E-state index contributed by atoms with van der Waals surface area (Å²) < 4.78 is 74.8. The van der Waals surface area contributed by atoms with Crippen molar-refractivity contribution in [1.82, 2.24) is 0 Å². The van der Waals surface area contributed by atoms with E-state index in [0.29, 0.717) is 52.9 Å².